The molecule has 152 valence electrons. The zero-order valence-corrected chi connectivity index (χ0v) is 18.3. The van der Waals surface area contributed by atoms with Gasteiger partial charge in [0.25, 0.3) is 0 Å². The number of hydrogen-bond acceptors (Lipinski definition) is 3. The molecule has 0 amide bonds. The van der Waals surface area contributed by atoms with E-state index in [-0.39, 0.29) is 5.78 Å². The zero-order valence-electron chi connectivity index (χ0n) is 17.5. The highest BCUT2D eigenvalue weighted by Crippen LogP contribution is 2.22. The minimum absolute atomic E-state index is 0.248. The predicted molar refractivity (Wildman–Crippen MR) is 116 cm³/mol. The van der Waals surface area contributed by atoms with E-state index in [1.807, 2.05) is 31.5 Å². The third-order valence-electron chi connectivity index (χ3n) is 5.95. The zero-order chi connectivity index (χ0) is 20.4. The Bertz CT molecular complexity index is 984. The van der Waals surface area contributed by atoms with Crippen molar-refractivity contribution in [2.45, 2.75) is 27.3 Å². The molecule has 0 atom stereocenters. The number of ketones is 1. The van der Waals surface area contributed by atoms with Gasteiger partial charge in [-0.2, -0.15) is 0 Å². The molecule has 2 N–H and O–H groups in total. The number of hydrogen-bond donors (Lipinski definition) is 2. The van der Waals surface area contributed by atoms with E-state index in [4.69, 9.17) is 0 Å². The molecule has 0 saturated carbocycles. The van der Waals surface area contributed by atoms with Gasteiger partial charge in [-0.3, -0.25) is 9.36 Å². The molecule has 1 aromatic carbocycles. The molecule has 4 rings (SSSR count). The smallest absolute Gasteiger partial charge is 0.218 e. The van der Waals surface area contributed by atoms with Gasteiger partial charge in [0, 0.05) is 34.1 Å². The number of carbonyl (C=O) groups is 1. The molecule has 0 spiro atoms. The molecule has 2 aromatic heterocycles. The van der Waals surface area contributed by atoms with E-state index < -0.39 is 0 Å². The van der Waals surface area contributed by atoms with Gasteiger partial charge < -0.3 is 9.80 Å². The molecule has 3 aromatic rings. The van der Waals surface area contributed by atoms with Gasteiger partial charge in [0.15, 0.2) is 5.13 Å². The number of piperazine rings is 1. The highest BCUT2D eigenvalue weighted by molar-refractivity contribution is 7.12. The molecule has 29 heavy (non-hydrogen) atoms. The minimum Gasteiger partial charge on any atom is -0.322 e. The average Bonchev–Trinajstić information content (AvgIpc) is 3.31. The maximum Gasteiger partial charge on any atom is 0.218 e. The molecule has 0 aliphatic carbocycles. The SMILES string of the molecule is Cc1cccc(C[NH+]2CC[NH+](CC(=O)c3cc(C)n(-c4nccs4)c3C)CC2)c1. The molecule has 6 heteroatoms. The first-order chi connectivity index (χ1) is 14.0. The number of aryl methyl sites for hydroxylation is 2. The fourth-order valence-electron chi connectivity index (χ4n) is 4.41. The molecule has 5 nitrogen and oxygen atoms in total. The van der Waals surface area contributed by atoms with Crippen LogP contribution in [0.4, 0.5) is 0 Å². The minimum atomic E-state index is 0.248. The first-order valence-corrected chi connectivity index (χ1v) is 11.2. The maximum absolute atomic E-state index is 13.0. The van der Waals surface area contributed by atoms with Crippen LogP contribution in [-0.4, -0.2) is 48.1 Å². The van der Waals surface area contributed by atoms with E-state index in [1.54, 1.807) is 16.2 Å². The highest BCUT2D eigenvalue weighted by Gasteiger charge is 2.27. The number of aromatic nitrogens is 2. The van der Waals surface area contributed by atoms with E-state index in [1.165, 1.54) is 16.0 Å². The van der Waals surface area contributed by atoms with Crippen molar-refractivity contribution < 1.29 is 14.6 Å². The number of rotatable bonds is 6. The Balaban J connectivity index is 1.35. The van der Waals surface area contributed by atoms with Crippen molar-refractivity contribution in [2.75, 3.05) is 32.7 Å². The van der Waals surface area contributed by atoms with E-state index >= 15 is 0 Å². The van der Waals surface area contributed by atoms with Crippen LogP contribution < -0.4 is 9.80 Å². The highest BCUT2D eigenvalue weighted by atomic mass is 32.1. The van der Waals surface area contributed by atoms with Crippen molar-refractivity contribution in [3.8, 4) is 5.13 Å². The van der Waals surface area contributed by atoms with E-state index in [0.717, 1.165) is 54.8 Å². The van der Waals surface area contributed by atoms with Crippen LogP contribution in [0.15, 0.2) is 41.9 Å². The number of quaternary nitrogens is 2. The third-order valence-corrected chi connectivity index (χ3v) is 6.71. The average molecular weight is 411 g/mol. The molecule has 3 heterocycles. The number of carbonyl (C=O) groups excluding carboxylic acids is 1. The largest absolute Gasteiger partial charge is 0.322 e. The topological polar surface area (TPSA) is 43.8 Å². The van der Waals surface area contributed by atoms with E-state index in [9.17, 15) is 4.79 Å². The van der Waals surface area contributed by atoms with Crippen LogP contribution in [0.25, 0.3) is 5.13 Å². The van der Waals surface area contributed by atoms with Gasteiger partial charge in [0.1, 0.15) is 39.3 Å². The third kappa shape index (κ3) is 4.50. The summed E-state index contributed by atoms with van der Waals surface area (Å²) in [5.41, 5.74) is 5.66. The molecule has 0 bridgehead atoms. The maximum atomic E-state index is 13.0. The Hall–Kier alpha value is -2.28. The number of nitrogens with zero attached hydrogens (tertiary/aromatic N) is 2. The second kappa shape index (κ2) is 8.61. The summed E-state index contributed by atoms with van der Waals surface area (Å²) in [5.74, 6) is 0.248. The van der Waals surface area contributed by atoms with Crippen LogP contribution in [0.2, 0.25) is 0 Å². The summed E-state index contributed by atoms with van der Waals surface area (Å²) in [7, 11) is 0. The van der Waals surface area contributed by atoms with Gasteiger partial charge in [0.2, 0.25) is 5.78 Å². The molecular weight excluding hydrogens is 380 g/mol. The van der Waals surface area contributed by atoms with Crippen LogP contribution in [0.5, 0.6) is 0 Å². The summed E-state index contributed by atoms with van der Waals surface area (Å²) >= 11 is 1.60. The van der Waals surface area contributed by atoms with E-state index in [2.05, 4.69) is 40.7 Å². The van der Waals surface area contributed by atoms with Gasteiger partial charge in [0.05, 0.1) is 0 Å². The Morgan fingerprint density at radius 1 is 1.10 bits per heavy atom. The second-order valence-electron chi connectivity index (χ2n) is 8.20. The standard InChI is InChI=1S/C23H28N4OS/c1-17-5-4-6-20(13-17)15-25-8-10-26(11-9-25)16-22(28)21-14-18(2)27(19(21)3)23-24-7-12-29-23/h4-7,12-14H,8-11,15-16H2,1-3H3/p+2. The number of benzene rings is 1. The molecule has 1 fully saturated rings. The van der Waals surface area contributed by atoms with Crippen LogP contribution in [0.3, 0.4) is 0 Å². The van der Waals surface area contributed by atoms with Crippen LogP contribution >= 0.6 is 11.3 Å². The number of thiazole rings is 1. The lowest BCUT2D eigenvalue weighted by molar-refractivity contribution is -1.01. The van der Waals surface area contributed by atoms with Crippen molar-refractivity contribution in [2.24, 2.45) is 0 Å². The fraction of sp³-hybridized carbons (Fsp3) is 0.391. The lowest BCUT2D eigenvalue weighted by Crippen LogP contribution is -3.27. The molecule has 1 aliphatic heterocycles. The van der Waals surface area contributed by atoms with Gasteiger partial charge in [-0.25, -0.2) is 4.98 Å². The normalized spacial score (nSPS) is 19.4. The number of nitrogens with one attached hydrogen (secondary N) is 2. The first kappa shape index (κ1) is 20.0. The summed E-state index contributed by atoms with van der Waals surface area (Å²) in [5, 5.41) is 2.90. The van der Waals surface area contributed by atoms with Gasteiger partial charge in [-0.15, -0.1) is 11.3 Å². The molecule has 0 unspecified atom stereocenters. The predicted octanol–water partition coefficient (Wildman–Crippen LogP) is 1.03. The van der Waals surface area contributed by atoms with Gasteiger partial charge in [-0.1, -0.05) is 29.8 Å². The number of Topliss-reactive ketones (excluding diaryl/α,β-unsaturated/α-hetero) is 1. The van der Waals surface area contributed by atoms with E-state index in [0.29, 0.717) is 6.54 Å². The van der Waals surface area contributed by atoms with Gasteiger partial charge >= 0.3 is 0 Å². The lowest BCUT2D eigenvalue weighted by atomic mass is 10.1. The van der Waals surface area contributed by atoms with Crippen molar-refractivity contribution in [1.29, 1.82) is 0 Å². The Morgan fingerprint density at radius 3 is 2.55 bits per heavy atom. The Morgan fingerprint density at radius 2 is 1.86 bits per heavy atom. The monoisotopic (exact) mass is 410 g/mol. The van der Waals surface area contributed by atoms with Crippen molar-refractivity contribution in [3.05, 3.63) is 70.0 Å². The van der Waals surface area contributed by atoms with Crippen molar-refractivity contribution in [1.82, 2.24) is 9.55 Å². The van der Waals surface area contributed by atoms with Gasteiger partial charge in [-0.05, 0) is 26.8 Å². The molecular formula is C23H30N4OS+2. The quantitative estimate of drug-likeness (QED) is 0.596. The molecule has 0 radical (unpaired) electrons. The summed E-state index contributed by atoms with van der Waals surface area (Å²) in [6.07, 6.45) is 1.81. The fourth-order valence-corrected chi connectivity index (χ4v) is 5.16. The Kier molecular flexibility index (Phi) is 5.94. The van der Waals surface area contributed by atoms with Crippen LogP contribution in [-0.2, 0) is 6.54 Å². The molecule has 1 aliphatic rings. The summed E-state index contributed by atoms with van der Waals surface area (Å²) in [6.45, 7) is 12.2. The Labute approximate surface area is 176 Å². The van der Waals surface area contributed by atoms with Crippen molar-refractivity contribution in [3.63, 3.8) is 0 Å². The van der Waals surface area contributed by atoms with Crippen LogP contribution in [0, 0.1) is 20.8 Å². The summed E-state index contributed by atoms with van der Waals surface area (Å²) in [4.78, 5) is 20.5. The summed E-state index contributed by atoms with van der Waals surface area (Å²) < 4.78 is 2.09. The lowest BCUT2D eigenvalue weighted by Gasteiger charge is -2.29. The second-order valence-corrected chi connectivity index (χ2v) is 9.07. The molecule has 1 saturated heterocycles. The first-order valence-electron chi connectivity index (χ1n) is 10.4. The van der Waals surface area contributed by atoms with Crippen molar-refractivity contribution >= 4 is 17.1 Å². The van der Waals surface area contributed by atoms with Crippen LogP contribution in [0.1, 0.15) is 32.9 Å². The summed E-state index contributed by atoms with van der Waals surface area (Å²) in [6, 6.07) is 10.8.